The van der Waals surface area contributed by atoms with Gasteiger partial charge in [0.1, 0.15) is 23.1 Å². The molecule has 138 valence electrons. The fourth-order valence-corrected chi connectivity index (χ4v) is 3.61. The number of para-hydroxylation sites is 2. The van der Waals surface area contributed by atoms with Crippen molar-refractivity contribution in [3.8, 4) is 11.5 Å². The van der Waals surface area contributed by atoms with Crippen molar-refractivity contribution in [2.24, 2.45) is 0 Å². The van der Waals surface area contributed by atoms with Gasteiger partial charge in [0.15, 0.2) is 5.78 Å². The zero-order chi connectivity index (χ0) is 19.0. The van der Waals surface area contributed by atoms with E-state index in [0.29, 0.717) is 23.7 Å². The van der Waals surface area contributed by atoms with Crippen LogP contribution in [0.1, 0.15) is 30.1 Å². The number of hydrogen-bond donors (Lipinski definition) is 2. The number of carbonyl (C=O) groups is 1. The number of benzene rings is 2. The number of nitrogens with zero attached hydrogens (tertiary/aromatic N) is 1. The van der Waals surface area contributed by atoms with Crippen LogP contribution in [0.5, 0.6) is 11.5 Å². The molecule has 1 heterocycles. The molecule has 3 aromatic rings. The first-order valence-corrected chi connectivity index (χ1v) is 8.73. The van der Waals surface area contributed by atoms with Crippen molar-refractivity contribution in [1.29, 1.82) is 0 Å². The van der Waals surface area contributed by atoms with Gasteiger partial charge in [0.25, 0.3) is 0 Å². The summed E-state index contributed by atoms with van der Waals surface area (Å²) in [7, 11) is 3.17. The maximum absolute atomic E-state index is 12.8. The van der Waals surface area contributed by atoms with Gasteiger partial charge in [0.2, 0.25) is 0 Å². The van der Waals surface area contributed by atoms with E-state index in [1.165, 1.54) is 0 Å². The van der Waals surface area contributed by atoms with Crippen LogP contribution in [-0.4, -0.2) is 35.1 Å². The molecule has 1 atom stereocenters. The molecule has 6 nitrogen and oxygen atoms in total. The van der Waals surface area contributed by atoms with Gasteiger partial charge in [0, 0.05) is 24.8 Å². The molecule has 0 radical (unpaired) electrons. The van der Waals surface area contributed by atoms with E-state index in [2.05, 4.69) is 9.97 Å². The summed E-state index contributed by atoms with van der Waals surface area (Å²) >= 11 is 0. The van der Waals surface area contributed by atoms with E-state index < -0.39 is 0 Å². The number of allylic oxidation sites excluding steroid dienone is 2. The molecular formula is C21H20N2O4. The summed E-state index contributed by atoms with van der Waals surface area (Å²) in [6.45, 7) is 0. The van der Waals surface area contributed by atoms with Crippen LogP contribution in [0.15, 0.2) is 48.2 Å². The number of H-pyrrole nitrogens is 1. The van der Waals surface area contributed by atoms with Gasteiger partial charge in [-0.15, -0.1) is 0 Å². The van der Waals surface area contributed by atoms with Crippen LogP contribution in [-0.2, 0) is 4.79 Å². The lowest BCUT2D eigenvalue weighted by Crippen LogP contribution is -2.19. The Morgan fingerprint density at radius 2 is 1.93 bits per heavy atom. The van der Waals surface area contributed by atoms with Crippen molar-refractivity contribution in [2.45, 2.75) is 18.8 Å². The number of fused-ring (bicyclic) bond motifs is 1. The number of aliphatic hydroxyl groups is 1. The first-order chi connectivity index (χ1) is 13.1. The Hall–Kier alpha value is -3.28. The van der Waals surface area contributed by atoms with Crippen LogP contribution in [0.3, 0.4) is 0 Å². The fourth-order valence-electron chi connectivity index (χ4n) is 3.61. The summed E-state index contributed by atoms with van der Waals surface area (Å²) in [5.41, 5.74) is 2.75. The normalized spacial score (nSPS) is 17.4. The van der Waals surface area contributed by atoms with Crippen LogP contribution < -0.4 is 9.47 Å². The first-order valence-electron chi connectivity index (χ1n) is 8.73. The van der Waals surface area contributed by atoms with E-state index in [1.54, 1.807) is 20.3 Å². The Labute approximate surface area is 156 Å². The van der Waals surface area contributed by atoms with Gasteiger partial charge in [0.05, 0.1) is 30.8 Å². The average molecular weight is 364 g/mol. The van der Waals surface area contributed by atoms with Crippen molar-refractivity contribution in [2.75, 3.05) is 14.2 Å². The minimum Gasteiger partial charge on any atom is -0.511 e. The zero-order valence-corrected chi connectivity index (χ0v) is 15.2. The molecule has 0 saturated carbocycles. The Morgan fingerprint density at radius 3 is 2.63 bits per heavy atom. The fraction of sp³-hybridized carbons (Fsp3) is 0.238. The van der Waals surface area contributed by atoms with Crippen molar-refractivity contribution in [1.82, 2.24) is 9.97 Å². The largest absolute Gasteiger partial charge is 0.511 e. The van der Waals surface area contributed by atoms with Gasteiger partial charge < -0.3 is 19.6 Å². The Bertz CT molecular complexity index is 1020. The molecule has 2 aromatic carbocycles. The second-order valence-electron chi connectivity index (χ2n) is 6.56. The highest BCUT2D eigenvalue weighted by atomic mass is 16.5. The van der Waals surface area contributed by atoms with Crippen molar-refractivity contribution >= 4 is 22.4 Å². The number of ketones is 1. The number of carbonyl (C=O) groups excluding carboxylic acids is 1. The predicted octanol–water partition coefficient (Wildman–Crippen LogP) is 4.00. The van der Waals surface area contributed by atoms with Crippen molar-refractivity contribution < 1.29 is 19.4 Å². The van der Waals surface area contributed by atoms with Gasteiger partial charge in [-0.1, -0.05) is 18.2 Å². The topological polar surface area (TPSA) is 84.4 Å². The number of aliphatic hydroxyl groups excluding tert-OH is 1. The van der Waals surface area contributed by atoms with E-state index in [1.807, 2.05) is 36.4 Å². The van der Waals surface area contributed by atoms with Gasteiger partial charge in [-0.2, -0.15) is 0 Å². The molecular weight excluding hydrogens is 344 g/mol. The summed E-state index contributed by atoms with van der Waals surface area (Å²) < 4.78 is 10.7. The molecule has 0 bridgehead atoms. The molecule has 1 aliphatic rings. The Balaban J connectivity index is 1.70. The molecule has 1 aromatic heterocycles. The Morgan fingerprint density at radius 1 is 1.11 bits per heavy atom. The number of methoxy groups -OCH3 is 2. The van der Waals surface area contributed by atoms with E-state index >= 15 is 0 Å². The third-order valence-electron chi connectivity index (χ3n) is 4.95. The number of nitrogens with one attached hydrogen (secondary N) is 1. The summed E-state index contributed by atoms with van der Waals surface area (Å²) in [6.07, 6.45) is 0.625. The Kier molecular flexibility index (Phi) is 4.32. The maximum atomic E-state index is 12.8. The van der Waals surface area contributed by atoms with Crippen LogP contribution in [0, 0.1) is 0 Å². The summed E-state index contributed by atoms with van der Waals surface area (Å²) in [6, 6.07) is 13.0. The zero-order valence-electron chi connectivity index (χ0n) is 15.2. The molecule has 0 fully saturated rings. The predicted molar refractivity (Wildman–Crippen MR) is 102 cm³/mol. The lowest BCUT2D eigenvalue weighted by Gasteiger charge is -2.24. The molecule has 0 saturated heterocycles. The first kappa shape index (κ1) is 17.1. The second-order valence-corrected chi connectivity index (χ2v) is 6.56. The van der Waals surface area contributed by atoms with Gasteiger partial charge in [-0.25, -0.2) is 4.98 Å². The molecule has 0 aliphatic heterocycles. The highest BCUT2D eigenvalue weighted by Crippen LogP contribution is 2.41. The molecule has 0 amide bonds. The number of Topliss-reactive ketones (excluding diaryl/α,β-unsaturated/α-hetero) is 1. The van der Waals surface area contributed by atoms with E-state index in [0.717, 1.165) is 16.6 Å². The highest BCUT2D eigenvalue weighted by molar-refractivity contribution is 6.21. The SMILES string of the molecule is COc1ccc(C2CC(=O)C(c3nc4ccccc4[nH]3)=C(O)C2)c(OC)c1. The number of ether oxygens (including phenoxy) is 2. The molecule has 6 heteroatoms. The molecule has 1 aliphatic carbocycles. The number of hydrogen-bond acceptors (Lipinski definition) is 5. The lowest BCUT2D eigenvalue weighted by molar-refractivity contribution is -0.114. The molecule has 1 unspecified atom stereocenters. The molecule has 2 N–H and O–H groups in total. The minimum absolute atomic E-state index is 0.0492. The standard InChI is InChI=1S/C21H20N2O4/c1-26-13-7-8-14(19(11-13)27-2)12-9-17(24)20(18(25)10-12)21-22-15-5-3-4-6-16(15)23-21/h3-8,11-12,24H,9-10H2,1-2H3,(H,22,23). The minimum atomic E-state index is -0.161. The van der Waals surface area contributed by atoms with Crippen LogP contribution in [0.25, 0.3) is 16.6 Å². The summed E-state index contributed by atoms with van der Waals surface area (Å²) in [4.78, 5) is 20.4. The van der Waals surface area contributed by atoms with Crippen molar-refractivity contribution in [3.63, 3.8) is 0 Å². The third kappa shape index (κ3) is 3.03. The number of rotatable bonds is 4. The lowest BCUT2D eigenvalue weighted by atomic mass is 9.82. The summed E-state index contributed by atoms with van der Waals surface area (Å²) in [5, 5.41) is 10.6. The quantitative estimate of drug-likeness (QED) is 0.731. The monoisotopic (exact) mass is 364 g/mol. The van der Waals surface area contributed by atoms with Crippen molar-refractivity contribution in [3.05, 3.63) is 59.6 Å². The molecule has 27 heavy (non-hydrogen) atoms. The van der Waals surface area contributed by atoms with Gasteiger partial charge in [-0.3, -0.25) is 4.79 Å². The second kappa shape index (κ2) is 6.79. The average Bonchev–Trinajstić information content (AvgIpc) is 3.10. The van der Waals surface area contributed by atoms with Gasteiger partial charge in [-0.05, 0) is 23.8 Å². The van der Waals surface area contributed by atoms with E-state index in [9.17, 15) is 9.90 Å². The molecule has 0 spiro atoms. The number of aromatic amines is 1. The van der Waals surface area contributed by atoms with Crippen LogP contribution in [0.2, 0.25) is 0 Å². The van der Waals surface area contributed by atoms with Gasteiger partial charge >= 0.3 is 0 Å². The number of aromatic nitrogens is 2. The van der Waals surface area contributed by atoms with Crippen LogP contribution >= 0.6 is 0 Å². The third-order valence-corrected chi connectivity index (χ3v) is 4.95. The van der Waals surface area contributed by atoms with Crippen LogP contribution in [0.4, 0.5) is 0 Å². The maximum Gasteiger partial charge on any atom is 0.170 e. The smallest absolute Gasteiger partial charge is 0.170 e. The summed E-state index contributed by atoms with van der Waals surface area (Å²) in [5.74, 6) is 1.49. The highest BCUT2D eigenvalue weighted by Gasteiger charge is 2.32. The van der Waals surface area contributed by atoms with E-state index in [4.69, 9.17) is 9.47 Å². The number of imidazole rings is 1. The van der Waals surface area contributed by atoms with E-state index in [-0.39, 0.29) is 29.5 Å². The molecule has 4 rings (SSSR count).